The second-order valence-corrected chi connectivity index (χ2v) is 5.38. The molecule has 0 radical (unpaired) electrons. The lowest BCUT2D eigenvalue weighted by Gasteiger charge is -2.17. The van der Waals surface area contributed by atoms with Gasteiger partial charge in [-0.3, -0.25) is 4.79 Å². The molecule has 3 atom stereocenters. The maximum absolute atomic E-state index is 12.0. The Bertz CT molecular complexity index is 245. The van der Waals surface area contributed by atoms with Crippen LogP contribution in [0.5, 0.6) is 0 Å². The number of ketones is 1. The van der Waals surface area contributed by atoms with Gasteiger partial charge >= 0.3 is 0 Å². The van der Waals surface area contributed by atoms with Crippen LogP contribution in [0.2, 0.25) is 0 Å². The van der Waals surface area contributed by atoms with E-state index in [1.807, 2.05) is 0 Å². The summed E-state index contributed by atoms with van der Waals surface area (Å²) < 4.78 is 5.59. The Hall–Kier alpha value is -0.630. The first kappa shape index (κ1) is 13.4. The van der Waals surface area contributed by atoms with Crippen molar-refractivity contribution in [3.63, 3.8) is 0 Å². The van der Waals surface area contributed by atoms with E-state index in [0.717, 1.165) is 12.3 Å². The third-order valence-electron chi connectivity index (χ3n) is 3.18. The Morgan fingerprint density at radius 1 is 1.56 bits per heavy atom. The highest BCUT2D eigenvalue weighted by Crippen LogP contribution is 2.42. The Balaban J connectivity index is 2.41. The van der Waals surface area contributed by atoms with Gasteiger partial charge in [0.25, 0.3) is 0 Å². The minimum absolute atomic E-state index is 0.199. The number of ether oxygens (including phenoxy) is 1. The Morgan fingerprint density at radius 3 is 2.62 bits per heavy atom. The minimum atomic E-state index is -0.199. The largest absolute Gasteiger partial charge is 0.366 e. The molecule has 0 saturated heterocycles. The summed E-state index contributed by atoms with van der Waals surface area (Å²) in [6, 6.07) is 0. The van der Waals surface area contributed by atoms with E-state index in [2.05, 4.69) is 27.4 Å². The molecule has 0 aromatic carbocycles. The van der Waals surface area contributed by atoms with Gasteiger partial charge in [-0.25, -0.2) is 0 Å². The van der Waals surface area contributed by atoms with Crippen molar-refractivity contribution >= 4 is 5.78 Å². The van der Waals surface area contributed by atoms with Crippen LogP contribution < -0.4 is 0 Å². The normalized spacial score (nSPS) is 25.5. The number of Topliss-reactive ketones (excluding diaryl/α,β-unsaturated/α-hetero) is 1. The first-order chi connectivity index (χ1) is 7.54. The molecule has 1 saturated carbocycles. The van der Waals surface area contributed by atoms with Gasteiger partial charge in [-0.15, -0.1) is 6.58 Å². The maximum Gasteiger partial charge on any atom is 0.161 e. The Morgan fingerprint density at radius 2 is 2.19 bits per heavy atom. The van der Waals surface area contributed by atoms with Crippen molar-refractivity contribution in [2.75, 3.05) is 6.61 Å². The van der Waals surface area contributed by atoms with E-state index in [9.17, 15) is 4.79 Å². The lowest BCUT2D eigenvalue weighted by atomic mass is 9.99. The van der Waals surface area contributed by atoms with Crippen LogP contribution in [0.1, 0.15) is 40.0 Å². The van der Waals surface area contributed by atoms with Gasteiger partial charge in [-0.05, 0) is 30.6 Å². The quantitative estimate of drug-likeness (QED) is 0.592. The monoisotopic (exact) mass is 224 g/mol. The van der Waals surface area contributed by atoms with Crippen molar-refractivity contribution < 1.29 is 9.53 Å². The van der Waals surface area contributed by atoms with E-state index in [0.29, 0.717) is 24.9 Å². The van der Waals surface area contributed by atoms with Crippen LogP contribution >= 0.6 is 0 Å². The van der Waals surface area contributed by atoms with E-state index in [1.165, 1.54) is 6.42 Å². The van der Waals surface area contributed by atoms with Crippen molar-refractivity contribution in [1.29, 1.82) is 0 Å². The molecule has 1 fully saturated rings. The van der Waals surface area contributed by atoms with Crippen LogP contribution in [-0.2, 0) is 9.53 Å². The zero-order chi connectivity index (χ0) is 12.1. The number of carbonyl (C=O) groups is 1. The van der Waals surface area contributed by atoms with Gasteiger partial charge in [0, 0.05) is 6.42 Å². The third-order valence-corrected chi connectivity index (χ3v) is 3.18. The third kappa shape index (κ3) is 4.48. The molecule has 1 aliphatic carbocycles. The van der Waals surface area contributed by atoms with Crippen LogP contribution in [0.4, 0.5) is 0 Å². The fourth-order valence-corrected chi connectivity index (χ4v) is 2.01. The van der Waals surface area contributed by atoms with Gasteiger partial charge in [-0.1, -0.05) is 26.8 Å². The second kappa shape index (κ2) is 6.19. The highest BCUT2D eigenvalue weighted by molar-refractivity contribution is 5.83. The van der Waals surface area contributed by atoms with E-state index in [1.54, 1.807) is 6.08 Å². The molecule has 0 aromatic rings. The van der Waals surface area contributed by atoms with E-state index < -0.39 is 0 Å². The number of hydrogen-bond donors (Lipinski definition) is 0. The molecule has 2 nitrogen and oxygen atoms in total. The molecular formula is C14H24O2. The van der Waals surface area contributed by atoms with E-state index in [4.69, 9.17) is 4.74 Å². The van der Waals surface area contributed by atoms with Crippen LogP contribution in [0, 0.1) is 17.8 Å². The lowest BCUT2D eigenvalue weighted by molar-refractivity contribution is -0.131. The summed E-state index contributed by atoms with van der Waals surface area (Å²) in [7, 11) is 0. The maximum atomic E-state index is 12.0. The summed E-state index contributed by atoms with van der Waals surface area (Å²) >= 11 is 0. The SMILES string of the molecule is C=CCOC(CC1CC1C)C(=O)CC(C)C. The summed E-state index contributed by atoms with van der Waals surface area (Å²) in [6.45, 7) is 10.5. The van der Waals surface area contributed by atoms with Crippen LogP contribution in [0.25, 0.3) is 0 Å². The molecule has 1 aliphatic rings. The summed E-state index contributed by atoms with van der Waals surface area (Å²) in [6.07, 6.45) is 4.30. The zero-order valence-electron chi connectivity index (χ0n) is 10.7. The summed E-state index contributed by atoms with van der Waals surface area (Å²) in [5, 5.41) is 0. The summed E-state index contributed by atoms with van der Waals surface area (Å²) in [4.78, 5) is 12.0. The number of hydrogen-bond acceptors (Lipinski definition) is 2. The van der Waals surface area contributed by atoms with Crippen molar-refractivity contribution in [2.24, 2.45) is 17.8 Å². The molecule has 0 spiro atoms. The molecule has 3 unspecified atom stereocenters. The molecule has 0 N–H and O–H groups in total. The summed E-state index contributed by atoms with van der Waals surface area (Å²) in [5.41, 5.74) is 0. The predicted octanol–water partition coefficient (Wildman–Crippen LogP) is 3.22. The first-order valence-electron chi connectivity index (χ1n) is 6.29. The van der Waals surface area contributed by atoms with Crippen LogP contribution in [0.3, 0.4) is 0 Å². The number of rotatable bonds is 8. The highest BCUT2D eigenvalue weighted by atomic mass is 16.5. The Kier molecular flexibility index (Phi) is 5.20. The average molecular weight is 224 g/mol. The fourth-order valence-electron chi connectivity index (χ4n) is 2.01. The van der Waals surface area contributed by atoms with Crippen molar-refractivity contribution in [1.82, 2.24) is 0 Å². The van der Waals surface area contributed by atoms with Crippen molar-refractivity contribution in [3.8, 4) is 0 Å². The molecule has 92 valence electrons. The van der Waals surface area contributed by atoms with Crippen molar-refractivity contribution in [3.05, 3.63) is 12.7 Å². The topological polar surface area (TPSA) is 26.3 Å². The molecular weight excluding hydrogens is 200 g/mol. The molecule has 2 heteroatoms. The highest BCUT2D eigenvalue weighted by Gasteiger charge is 2.36. The summed E-state index contributed by atoms with van der Waals surface area (Å²) in [5.74, 6) is 2.16. The van der Waals surface area contributed by atoms with Gasteiger partial charge in [0.1, 0.15) is 6.10 Å². The molecule has 16 heavy (non-hydrogen) atoms. The molecule has 0 heterocycles. The lowest BCUT2D eigenvalue weighted by Crippen LogP contribution is -2.26. The first-order valence-corrected chi connectivity index (χ1v) is 6.29. The zero-order valence-corrected chi connectivity index (χ0v) is 10.7. The molecule has 0 bridgehead atoms. The standard InChI is InChI=1S/C14H24O2/c1-5-6-16-14(9-12-8-11(12)4)13(15)7-10(2)3/h5,10-12,14H,1,6-9H2,2-4H3. The van der Waals surface area contributed by atoms with Gasteiger partial charge in [0.15, 0.2) is 5.78 Å². The second-order valence-electron chi connectivity index (χ2n) is 5.38. The minimum Gasteiger partial charge on any atom is -0.366 e. The van der Waals surface area contributed by atoms with E-state index >= 15 is 0 Å². The van der Waals surface area contributed by atoms with Gasteiger partial charge in [0.2, 0.25) is 0 Å². The van der Waals surface area contributed by atoms with Crippen LogP contribution in [-0.4, -0.2) is 18.5 Å². The molecule has 0 amide bonds. The number of carbonyl (C=O) groups excluding carboxylic acids is 1. The molecule has 0 aromatic heterocycles. The van der Waals surface area contributed by atoms with Gasteiger partial charge in [0.05, 0.1) is 6.61 Å². The average Bonchev–Trinajstić information content (AvgIpc) is 2.87. The smallest absolute Gasteiger partial charge is 0.161 e. The van der Waals surface area contributed by atoms with Gasteiger partial charge < -0.3 is 4.74 Å². The van der Waals surface area contributed by atoms with Crippen LogP contribution in [0.15, 0.2) is 12.7 Å². The predicted molar refractivity (Wildman–Crippen MR) is 66.3 cm³/mol. The van der Waals surface area contributed by atoms with Crippen molar-refractivity contribution in [2.45, 2.75) is 46.1 Å². The molecule has 0 aliphatic heterocycles. The fraction of sp³-hybridized carbons (Fsp3) is 0.786. The van der Waals surface area contributed by atoms with Gasteiger partial charge in [-0.2, -0.15) is 0 Å². The van der Waals surface area contributed by atoms with E-state index in [-0.39, 0.29) is 11.9 Å². The molecule has 1 rings (SSSR count). The Labute approximate surface area is 99.1 Å².